The molecule has 1 aromatic rings. The van der Waals surface area contributed by atoms with E-state index >= 15 is 0 Å². The van der Waals surface area contributed by atoms with Crippen LogP contribution < -0.4 is 0 Å². The van der Waals surface area contributed by atoms with E-state index in [1.54, 1.807) is 0 Å². The minimum atomic E-state index is -4.82. The first kappa shape index (κ1) is 11.0. The Labute approximate surface area is 94.9 Å². The summed E-state index contributed by atoms with van der Waals surface area (Å²) >= 11 is 0. The lowest BCUT2D eigenvalue weighted by atomic mass is 9.23. The van der Waals surface area contributed by atoms with Crippen LogP contribution in [0.3, 0.4) is 0 Å². The molecule has 0 aromatic heterocycles. The van der Waals surface area contributed by atoms with E-state index in [9.17, 15) is 21.7 Å². The topological polar surface area (TPSA) is 0 Å². The molecule has 6 heteroatoms. The first-order valence-corrected chi connectivity index (χ1v) is 5.43. The van der Waals surface area contributed by atoms with E-state index in [0.717, 1.165) is 12.1 Å². The zero-order valence-corrected chi connectivity index (χ0v) is 8.82. The van der Waals surface area contributed by atoms with Crippen LogP contribution in [-0.4, -0.2) is 6.98 Å². The van der Waals surface area contributed by atoms with Crippen LogP contribution in [0, 0.1) is 11.6 Å². The van der Waals surface area contributed by atoms with Gasteiger partial charge in [0.05, 0.1) is 0 Å². The van der Waals surface area contributed by atoms with Crippen LogP contribution in [0.15, 0.2) is 18.2 Å². The SMILES string of the molecule is Fc1ccc(C23CC([B-](F)(F)F)(C2)C3)cc1F. The highest BCUT2D eigenvalue weighted by Crippen LogP contribution is 2.82. The van der Waals surface area contributed by atoms with Crippen LogP contribution in [0.1, 0.15) is 24.8 Å². The van der Waals surface area contributed by atoms with Crippen molar-refractivity contribution in [2.45, 2.75) is 30.0 Å². The summed E-state index contributed by atoms with van der Waals surface area (Å²) in [6, 6.07) is 3.41. The third-order valence-electron chi connectivity index (χ3n) is 4.30. The maximum atomic E-state index is 13.0. The summed E-state index contributed by atoms with van der Waals surface area (Å²) in [5.41, 5.74) is -0.0513. The molecule has 0 saturated heterocycles. The second-order valence-corrected chi connectivity index (χ2v) is 5.38. The van der Waals surface area contributed by atoms with E-state index in [4.69, 9.17) is 0 Å². The molecule has 0 N–H and O–H groups in total. The average molecular weight is 247 g/mol. The lowest BCUT2D eigenvalue weighted by Crippen LogP contribution is -2.67. The minimum Gasteiger partial charge on any atom is -0.449 e. The highest BCUT2D eigenvalue weighted by molar-refractivity contribution is 6.63. The molecule has 0 atom stereocenters. The fraction of sp³-hybridized carbons (Fsp3) is 0.455. The van der Waals surface area contributed by atoms with Crippen LogP contribution >= 0.6 is 0 Å². The zero-order chi connectivity index (χ0) is 12.5. The first-order chi connectivity index (χ1) is 7.78. The van der Waals surface area contributed by atoms with Crippen molar-refractivity contribution in [3.05, 3.63) is 35.4 Å². The second-order valence-electron chi connectivity index (χ2n) is 5.38. The molecule has 2 bridgehead atoms. The molecule has 3 aliphatic carbocycles. The van der Waals surface area contributed by atoms with Crippen molar-refractivity contribution < 1.29 is 21.7 Å². The van der Waals surface area contributed by atoms with E-state index in [-0.39, 0.29) is 19.3 Å². The third kappa shape index (κ3) is 1.24. The molecule has 3 fully saturated rings. The third-order valence-corrected chi connectivity index (χ3v) is 4.30. The Morgan fingerprint density at radius 3 is 2.00 bits per heavy atom. The van der Waals surface area contributed by atoms with Gasteiger partial charge >= 0.3 is 6.98 Å². The largest absolute Gasteiger partial charge is 0.484 e. The van der Waals surface area contributed by atoms with Crippen molar-refractivity contribution in [3.63, 3.8) is 0 Å². The van der Waals surface area contributed by atoms with Crippen molar-refractivity contribution in [1.29, 1.82) is 0 Å². The Balaban J connectivity index is 1.85. The summed E-state index contributed by atoms with van der Waals surface area (Å²) in [5.74, 6) is -1.95. The molecular formula is C11H9BF5-. The zero-order valence-electron chi connectivity index (χ0n) is 8.82. The monoisotopic (exact) mass is 247 g/mol. The van der Waals surface area contributed by atoms with Crippen LogP contribution in [0.25, 0.3) is 0 Å². The lowest BCUT2D eigenvalue weighted by molar-refractivity contribution is -0.0403. The summed E-state index contributed by atoms with van der Waals surface area (Å²) in [6.45, 7) is -4.82. The number of hydrogen-bond donors (Lipinski definition) is 0. The predicted octanol–water partition coefficient (Wildman–Crippen LogP) is 3.99. The Morgan fingerprint density at radius 2 is 1.53 bits per heavy atom. The predicted molar refractivity (Wildman–Crippen MR) is 53.7 cm³/mol. The van der Waals surface area contributed by atoms with Crippen molar-refractivity contribution in [2.24, 2.45) is 0 Å². The van der Waals surface area contributed by atoms with Gasteiger partial charge in [-0.2, -0.15) is 0 Å². The molecule has 0 unspecified atom stereocenters. The van der Waals surface area contributed by atoms with E-state index in [1.165, 1.54) is 6.07 Å². The summed E-state index contributed by atoms with van der Waals surface area (Å²) in [5, 5.41) is -1.50. The van der Waals surface area contributed by atoms with Gasteiger partial charge in [-0.1, -0.05) is 30.6 Å². The molecule has 0 radical (unpaired) electrons. The number of rotatable bonds is 2. The van der Waals surface area contributed by atoms with E-state index in [1.807, 2.05) is 0 Å². The number of hydrogen-bond acceptors (Lipinski definition) is 0. The summed E-state index contributed by atoms with van der Waals surface area (Å²) in [6.07, 6.45) is 0.109. The van der Waals surface area contributed by atoms with Gasteiger partial charge in [0, 0.05) is 0 Å². The Hall–Kier alpha value is -1.07. The lowest BCUT2D eigenvalue weighted by Gasteiger charge is -2.75. The second kappa shape index (κ2) is 2.84. The van der Waals surface area contributed by atoms with Crippen LogP contribution in [-0.2, 0) is 5.41 Å². The quantitative estimate of drug-likeness (QED) is 0.547. The Morgan fingerprint density at radius 1 is 0.941 bits per heavy atom. The normalized spacial score (nSPS) is 35.1. The van der Waals surface area contributed by atoms with Gasteiger partial charge in [0.2, 0.25) is 0 Å². The first-order valence-electron chi connectivity index (χ1n) is 5.43. The molecular weight excluding hydrogens is 238 g/mol. The molecule has 3 aliphatic rings. The van der Waals surface area contributed by atoms with Gasteiger partial charge in [-0.3, -0.25) is 0 Å². The molecule has 0 spiro atoms. The molecule has 1 aromatic carbocycles. The Bertz CT molecular complexity index is 473. The maximum Gasteiger partial charge on any atom is 0.484 e. The molecule has 3 saturated carbocycles. The number of benzene rings is 1. The molecule has 4 rings (SSSR count). The van der Waals surface area contributed by atoms with Crippen molar-refractivity contribution in [1.82, 2.24) is 0 Å². The van der Waals surface area contributed by atoms with E-state index < -0.39 is 29.3 Å². The minimum absolute atomic E-state index is 0.0363. The molecule has 0 nitrogen and oxygen atoms in total. The van der Waals surface area contributed by atoms with Gasteiger partial charge in [0.1, 0.15) is 0 Å². The molecule has 0 heterocycles. The van der Waals surface area contributed by atoms with Crippen LogP contribution in [0.2, 0.25) is 5.31 Å². The van der Waals surface area contributed by atoms with Crippen molar-refractivity contribution in [3.8, 4) is 0 Å². The van der Waals surface area contributed by atoms with Gasteiger partial charge in [-0.25, -0.2) is 8.78 Å². The van der Waals surface area contributed by atoms with Crippen LogP contribution in [0.5, 0.6) is 0 Å². The van der Waals surface area contributed by atoms with Gasteiger partial charge in [0.15, 0.2) is 11.6 Å². The fourth-order valence-electron chi connectivity index (χ4n) is 3.35. The van der Waals surface area contributed by atoms with E-state index in [0.29, 0.717) is 5.56 Å². The molecule has 17 heavy (non-hydrogen) atoms. The highest BCUT2D eigenvalue weighted by Gasteiger charge is 2.74. The summed E-state index contributed by atoms with van der Waals surface area (Å²) in [4.78, 5) is 0. The standard InChI is InChI=1S/C11H9BF5/c13-8-2-1-7(3-9(8)14)10-4-11(5-10,6-10)12(15,16)17/h1-3H,4-6H2/q-1. The maximum absolute atomic E-state index is 13.0. The smallest absolute Gasteiger partial charge is 0.449 e. The highest BCUT2D eigenvalue weighted by atomic mass is 19.4. The van der Waals surface area contributed by atoms with E-state index in [2.05, 4.69) is 0 Å². The van der Waals surface area contributed by atoms with Crippen molar-refractivity contribution in [2.75, 3.05) is 0 Å². The Kier molecular flexibility index (Phi) is 1.85. The van der Waals surface area contributed by atoms with Gasteiger partial charge in [0.25, 0.3) is 0 Å². The molecule has 92 valence electrons. The molecule has 0 aliphatic heterocycles. The summed E-state index contributed by atoms with van der Waals surface area (Å²) in [7, 11) is 0. The van der Waals surface area contributed by atoms with Gasteiger partial charge in [-0.15, -0.1) is 0 Å². The number of halogens is 5. The summed E-state index contributed by atoms with van der Waals surface area (Å²) < 4.78 is 63.8. The van der Waals surface area contributed by atoms with Crippen LogP contribution in [0.4, 0.5) is 21.7 Å². The van der Waals surface area contributed by atoms with Gasteiger partial charge < -0.3 is 12.9 Å². The van der Waals surface area contributed by atoms with Crippen molar-refractivity contribution >= 4 is 6.98 Å². The molecule has 0 amide bonds. The van der Waals surface area contributed by atoms with Gasteiger partial charge in [-0.05, 0) is 23.1 Å². The average Bonchev–Trinajstić information content (AvgIpc) is 2.03. The fourth-order valence-corrected chi connectivity index (χ4v) is 3.35.